The van der Waals surface area contributed by atoms with E-state index in [-0.39, 0.29) is 11.6 Å². The molecule has 0 saturated heterocycles. The molecular formula is C24H24N4O3. The normalized spacial score (nSPS) is 14.0. The molecule has 0 aliphatic carbocycles. The first kappa shape index (κ1) is 20.4. The smallest absolute Gasteiger partial charge is 0.302 e. The SMILES string of the molecule is C=N/C=c1/nc(Oc2ccc(N(C)c3ccc4c(c3)CCCO4)cc2)[nH]c(=O)/c1=C/C. The number of nitrogens with zero attached hydrogens (tertiary/aromatic N) is 3. The van der Waals surface area contributed by atoms with Crippen LogP contribution in [0.5, 0.6) is 17.5 Å². The number of nitrogens with one attached hydrogen (secondary N) is 1. The fourth-order valence-corrected chi connectivity index (χ4v) is 3.54. The average Bonchev–Trinajstić information content (AvgIpc) is 2.79. The number of ether oxygens (including phenoxy) is 2. The highest BCUT2D eigenvalue weighted by molar-refractivity contribution is 5.65. The molecule has 1 aliphatic heterocycles. The quantitative estimate of drug-likeness (QED) is 0.647. The van der Waals surface area contributed by atoms with Crippen molar-refractivity contribution in [2.24, 2.45) is 4.99 Å². The third-order valence-corrected chi connectivity index (χ3v) is 5.18. The van der Waals surface area contributed by atoms with Gasteiger partial charge in [0.15, 0.2) is 0 Å². The van der Waals surface area contributed by atoms with Crippen molar-refractivity contribution in [1.29, 1.82) is 0 Å². The van der Waals surface area contributed by atoms with E-state index in [1.807, 2.05) is 37.4 Å². The molecule has 3 aromatic rings. The molecule has 0 atom stereocenters. The lowest BCUT2D eigenvalue weighted by Crippen LogP contribution is -2.42. The molecule has 0 radical (unpaired) electrons. The number of rotatable bonds is 5. The third-order valence-electron chi connectivity index (χ3n) is 5.18. The summed E-state index contributed by atoms with van der Waals surface area (Å²) in [4.78, 5) is 25.0. The van der Waals surface area contributed by atoms with Crippen LogP contribution in [0.15, 0.2) is 52.3 Å². The van der Waals surface area contributed by atoms with Crippen LogP contribution in [-0.4, -0.2) is 30.3 Å². The minimum absolute atomic E-state index is 0.0984. The van der Waals surface area contributed by atoms with Crippen LogP contribution in [0.1, 0.15) is 18.9 Å². The van der Waals surface area contributed by atoms with Gasteiger partial charge in [0, 0.05) is 18.4 Å². The Bertz CT molecular complexity index is 1280. The number of benzene rings is 2. The van der Waals surface area contributed by atoms with E-state index >= 15 is 0 Å². The first-order chi connectivity index (χ1) is 15.1. The summed E-state index contributed by atoms with van der Waals surface area (Å²) in [5.41, 5.74) is 3.04. The van der Waals surface area contributed by atoms with Gasteiger partial charge in [-0.15, -0.1) is 0 Å². The molecule has 2 heterocycles. The summed E-state index contributed by atoms with van der Waals surface area (Å²) in [5, 5.41) is 0.830. The summed E-state index contributed by atoms with van der Waals surface area (Å²) < 4.78 is 11.5. The Morgan fingerprint density at radius 1 is 1.23 bits per heavy atom. The number of aromatic amines is 1. The first-order valence-electron chi connectivity index (χ1n) is 10.1. The van der Waals surface area contributed by atoms with Crippen molar-refractivity contribution in [2.75, 3.05) is 18.6 Å². The van der Waals surface area contributed by atoms with E-state index in [4.69, 9.17) is 9.47 Å². The lowest BCUT2D eigenvalue weighted by molar-refractivity contribution is 0.288. The maximum atomic E-state index is 12.3. The van der Waals surface area contributed by atoms with Crippen molar-refractivity contribution in [3.8, 4) is 17.5 Å². The number of aryl methyl sites for hydroxylation is 1. The van der Waals surface area contributed by atoms with Crippen LogP contribution in [0.25, 0.3) is 12.3 Å². The van der Waals surface area contributed by atoms with E-state index < -0.39 is 0 Å². The van der Waals surface area contributed by atoms with Crippen LogP contribution >= 0.6 is 0 Å². The van der Waals surface area contributed by atoms with Crippen LogP contribution in [-0.2, 0) is 6.42 Å². The topological polar surface area (TPSA) is 79.8 Å². The number of hydrogen-bond acceptors (Lipinski definition) is 6. The highest BCUT2D eigenvalue weighted by atomic mass is 16.5. The Labute approximate surface area is 180 Å². The molecule has 7 heteroatoms. The van der Waals surface area contributed by atoms with Gasteiger partial charge in [0.1, 0.15) is 11.5 Å². The molecule has 0 spiro atoms. The third kappa shape index (κ3) is 4.35. The van der Waals surface area contributed by atoms with Gasteiger partial charge in [0.05, 0.1) is 23.4 Å². The maximum Gasteiger partial charge on any atom is 0.302 e. The lowest BCUT2D eigenvalue weighted by Gasteiger charge is -2.23. The second-order valence-corrected chi connectivity index (χ2v) is 7.17. The summed E-state index contributed by atoms with van der Waals surface area (Å²) in [7, 11) is 2.02. The summed E-state index contributed by atoms with van der Waals surface area (Å²) in [6.45, 7) is 5.97. The largest absolute Gasteiger partial charge is 0.493 e. The molecule has 0 saturated carbocycles. The number of fused-ring (bicyclic) bond motifs is 1. The van der Waals surface area contributed by atoms with Crippen LogP contribution < -0.4 is 30.5 Å². The first-order valence-corrected chi connectivity index (χ1v) is 10.1. The fourth-order valence-electron chi connectivity index (χ4n) is 3.54. The molecule has 7 nitrogen and oxygen atoms in total. The van der Waals surface area contributed by atoms with Crippen molar-refractivity contribution in [3.63, 3.8) is 0 Å². The molecule has 0 fully saturated rings. The van der Waals surface area contributed by atoms with Gasteiger partial charge in [-0.2, -0.15) is 4.98 Å². The van der Waals surface area contributed by atoms with Gasteiger partial charge in [-0.3, -0.25) is 14.8 Å². The summed E-state index contributed by atoms with van der Waals surface area (Å²) >= 11 is 0. The zero-order valence-corrected chi connectivity index (χ0v) is 17.6. The van der Waals surface area contributed by atoms with Gasteiger partial charge in [0.2, 0.25) is 0 Å². The van der Waals surface area contributed by atoms with Crippen LogP contribution in [0.3, 0.4) is 0 Å². The van der Waals surface area contributed by atoms with Crippen LogP contribution in [0.4, 0.5) is 11.4 Å². The molecule has 1 aliphatic rings. The van der Waals surface area contributed by atoms with Gasteiger partial charge in [0.25, 0.3) is 5.56 Å². The molecule has 1 aromatic heterocycles. The summed E-state index contributed by atoms with van der Waals surface area (Å²) in [6.07, 6.45) is 5.18. The molecule has 0 unspecified atom stereocenters. The predicted molar refractivity (Wildman–Crippen MR) is 123 cm³/mol. The average molecular weight is 416 g/mol. The monoisotopic (exact) mass is 416 g/mol. The van der Waals surface area contributed by atoms with Crippen LogP contribution in [0, 0.1) is 0 Å². The maximum absolute atomic E-state index is 12.3. The molecule has 0 bridgehead atoms. The van der Waals surface area contributed by atoms with Crippen molar-refractivity contribution in [1.82, 2.24) is 9.97 Å². The van der Waals surface area contributed by atoms with Gasteiger partial charge in [-0.05, 0) is 74.5 Å². The Morgan fingerprint density at radius 3 is 2.74 bits per heavy atom. The summed E-state index contributed by atoms with van der Waals surface area (Å²) in [5.74, 6) is 1.54. The fraction of sp³-hybridized carbons (Fsp3) is 0.208. The molecule has 0 amide bonds. The highest BCUT2D eigenvalue weighted by Gasteiger charge is 2.13. The number of aliphatic imine (C=N–C) groups is 1. The van der Waals surface area contributed by atoms with Crippen molar-refractivity contribution < 1.29 is 9.47 Å². The molecule has 1 N–H and O–H groups in total. The van der Waals surface area contributed by atoms with E-state index in [0.29, 0.717) is 16.3 Å². The molecule has 4 rings (SSSR count). The minimum atomic E-state index is -0.296. The van der Waals surface area contributed by atoms with Gasteiger partial charge < -0.3 is 14.4 Å². The Kier molecular flexibility index (Phi) is 5.84. The number of aromatic nitrogens is 2. The van der Waals surface area contributed by atoms with E-state index in [0.717, 1.165) is 36.6 Å². The Balaban J connectivity index is 1.56. The Hall–Kier alpha value is -3.87. The molecule has 31 heavy (non-hydrogen) atoms. The predicted octanol–water partition coefficient (Wildman–Crippen LogP) is 2.89. The van der Waals surface area contributed by atoms with Crippen molar-refractivity contribution >= 4 is 30.4 Å². The molecule has 2 aromatic carbocycles. The van der Waals surface area contributed by atoms with Gasteiger partial charge in [-0.1, -0.05) is 6.08 Å². The minimum Gasteiger partial charge on any atom is -0.493 e. The molecular weight excluding hydrogens is 392 g/mol. The Morgan fingerprint density at radius 2 is 2.00 bits per heavy atom. The zero-order chi connectivity index (χ0) is 21.8. The summed E-state index contributed by atoms with van der Waals surface area (Å²) in [6, 6.07) is 13.9. The number of H-pyrrole nitrogens is 1. The number of anilines is 2. The second-order valence-electron chi connectivity index (χ2n) is 7.17. The van der Waals surface area contributed by atoms with Gasteiger partial charge >= 0.3 is 6.01 Å². The zero-order valence-electron chi connectivity index (χ0n) is 17.6. The van der Waals surface area contributed by atoms with E-state index in [1.54, 1.807) is 13.0 Å². The van der Waals surface area contributed by atoms with E-state index in [9.17, 15) is 4.79 Å². The van der Waals surface area contributed by atoms with E-state index in [1.165, 1.54) is 11.8 Å². The number of hydrogen-bond donors (Lipinski definition) is 1. The standard InChI is InChI=1S/C24H24N4O3/c1-4-20-21(15-25-2)26-24(27-23(20)29)31-19-10-7-17(8-11-19)28(3)18-9-12-22-16(14-18)6-5-13-30-22/h4,7-12,14-15H,2,5-6,13H2,1,3H3,(H,26,27,29)/b20-4+,21-15+. The van der Waals surface area contributed by atoms with Crippen molar-refractivity contribution in [3.05, 3.63) is 68.9 Å². The second kappa shape index (κ2) is 8.87. The molecule has 158 valence electrons. The highest BCUT2D eigenvalue weighted by Crippen LogP contribution is 2.32. The van der Waals surface area contributed by atoms with E-state index in [2.05, 4.69) is 38.7 Å². The van der Waals surface area contributed by atoms with Crippen molar-refractivity contribution in [2.45, 2.75) is 19.8 Å². The van der Waals surface area contributed by atoms with Gasteiger partial charge in [-0.25, -0.2) is 0 Å². The lowest BCUT2D eigenvalue weighted by atomic mass is 10.1. The van der Waals surface area contributed by atoms with Crippen LogP contribution in [0.2, 0.25) is 0 Å².